The number of aromatic nitrogens is 3. The van der Waals surface area contributed by atoms with Crippen molar-refractivity contribution in [2.24, 2.45) is 0 Å². The minimum Gasteiger partial charge on any atom is -0.322 e. The number of thiazole rings is 1. The van der Waals surface area contributed by atoms with Gasteiger partial charge in [0.25, 0.3) is 5.91 Å². The number of carbonyl (C=O) groups excluding carboxylic acids is 1. The second kappa shape index (κ2) is 6.84. The molecule has 0 unspecified atom stereocenters. The Morgan fingerprint density at radius 2 is 2.09 bits per heavy atom. The molecular formula is C16H17N5OS. The maximum atomic E-state index is 12.9. The average molecular weight is 327 g/mol. The van der Waals surface area contributed by atoms with Gasteiger partial charge in [-0.3, -0.25) is 4.79 Å². The third-order valence-corrected chi connectivity index (χ3v) is 5.16. The number of nitrogens with zero attached hydrogens (tertiary/aromatic N) is 5. The lowest BCUT2D eigenvalue weighted by molar-refractivity contribution is 0.0713. The summed E-state index contributed by atoms with van der Waals surface area (Å²) in [6.07, 6.45) is 7.48. The molecule has 0 aromatic carbocycles. The first kappa shape index (κ1) is 15.6. The van der Waals surface area contributed by atoms with Crippen LogP contribution < -0.4 is 0 Å². The lowest BCUT2D eigenvalue weighted by Gasteiger charge is -2.26. The first-order valence-electron chi connectivity index (χ1n) is 7.63. The van der Waals surface area contributed by atoms with Crippen molar-refractivity contribution in [3.05, 3.63) is 29.0 Å². The Morgan fingerprint density at radius 1 is 1.39 bits per heavy atom. The molecular weight excluding hydrogens is 310 g/mol. The minimum absolute atomic E-state index is 0.101. The van der Waals surface area contributed by atoms with Crippen LogP contribution in [0.2, 0.25) is 0 Å². The van der Waals surface area contributed by atoms with E-state index in [0.717, 1.165) is 25.7 Å². The molecule has 1 aliphatic carbocycles. The van der Waals surface area contributed by atoms with Crippen molar-refractivity contribution in [1.82, 2.24) is 19.9 Å². The van der Waals surface area contributed by atoms with E-state index >= 15 is 0 Å². The van der Waals surface area contributed by atoms with Crippen LogP contribution in [0.25, 0.3) is 10.8 Å². The largest absolute Gasteiger partial charge is 0.322 e. The molecule has 3 rings (SSSR count). The number of nitriles is 1. The second-order valence-electron chi connectivity index (χ2n) is 5.54. The Bertz CT molecular complexity index is 731. The Hall–Kier alpha value is -2.33. The fourth-order valence-electron chi connectivity index (χ4n) is 2.89. The summed E-state index contributed by atoms with van der Waals surface area (Å²) in [4.78, 5) is 28.0. The molecule has 2 aromatic heterocycles. The monoisotopic (exact) mass is 327 g/mol. The van der Waals surface area contributed by atoms with Gasteiger partial charge in [-0.15, -0.1) is 11.3 Å². The van der Waals surface area contributed by atoms with Crippen LogP contribution >= 0.6 is 11.3 Å². The predicted molar refractivity (Wildman–Crippen MR) is 86.8 cm³/mol. The average Bonchev–Trinajstić information content (AvgIpc) is 3.22. The summed E-state index contributed by atoms with van der Waals surface area (Å²) >= 11 is 1.30. The first-order valence-corrected chi connectivity index (χ1v) is 8.45. The number of aryl methyl sites for hydroxylation is 1. The third kappa shape index (κ3) is 3.22. The topological polar surface area (TPSA) is 82.8 Å². The highest BCUT2D eigenvalue weighted by Crippen LogP contribution is 2.29. The summed E-state index contributed by atoms with van der Waals surface area (Å²) in [7, 11) is 0. The second-order valence-corrected chi connectivity index (χ2v) is 6.53. The zero-order chi connectivity index (χ0) is 16.2. The van der Waals surface area contributed by atoms with Crippen molar-refractivity contribution in [3.8, 4) is 16.9 Å². The zero-order valence-corrected chi connectivity index (χ0v) is 13.7. The molecule has 23 heavy (non-hydrogen) atoms. The summed E-state index contributed by atoms with van der Waals surface area (Å²) in [5.41, 5.74) is 0.670. The van der Waals surface area contributed by atoms with Crippen molar-refractivity contribution in [1.29, 1.82) is 5.26 Å². The molecule has 0 N–H and O–H groups in total. The molecule has 1 aliphatic rings. The number of hydrogen-bond donors (Lipinski definition) is 0. The van der Waals surface area contributed by atoms with Crippen LogP contribution in [-0.4, -0.2) is 38.3 Å². The van der Waals surface area contributed by atoms with E-state index in [4.69, 9.17) is 5.26 Å². The Labute approximate surface area is 138 Å². The van der Waals surface area contributed by atoms with Crippen LogP contribution in [0.5, 0.6) is 0 Å². The van der Waals surface area contributed by atoms with E-state index in [1.807, 2.05) is 6.92 Å². The van der Waals surface area contributed by atoms with E-state index in [-0.39, 0.29) is 18.5 Å². The van der Waals surface area contributed by atoms with Gasteiger partial charge in [0.15, 0.2) is 10.8 Å². The number of amides is 1. The van der Waals surface area contributed by atoms with Gasteiger partial charge in [0.1, 0.15) is 11.4 Å². The molecule has 2 heterocycles. The van der Waals surface area contributed by atoms with Gasteiger partial charge in [-0.05, 0) is 25.8 Å². The third-order valence-electron chi connectivity index (χ3n) is 4.02. The lowest BCUT2D eigenvalue weighted by atomic mass is 10.2. The number of rotatable bonds is 4. The van der Waals surface area contributed by atoms with Crippen molar-refractivity contribution < 1.29 is 4.79 Å². The zero-order valence-electron chi connectivity index (χ0n) is 12.9. The van der Waals surface area contributed by atoms with Gasteiger partial charge in [-0.2, -0.15) is 5.26 Å². The molecule has 7 heteroatoms. The summed E-state index contributed by atoms with van der Waals surface area (Å²) in [5, 5.41) is 9.70. The van der Waals surface area contributed by atoms with Gasteiger partial charge in [-0.25, -0.2) is 15.0 Å². The van der Waals surface area contributed by atoms with Crippen LogP contribution in [0.3, 0.4) is 0 Å². The highest BCUT2D eigenvalue weighted by molar-refractivity contribution is 7.17. The highest BCUT2D eigenvalue weighted by Gasteiger charge is 2.29. The normalized spacial score (nSPS) is 14.6. The van der Waals surface area contributed by atoms with E-state index in [1.165, 1.54) is 11.3 Å². The molecule has 1 fully saturated rings. The smallest absolute Gasteiger partial charge is 0.266 e. The summed E-state index contributed by atoms with van der Waals surface area (Å²) in [5.74, 6) is 0.419. The quantitative estimate of drug-likeness (QED) is 0.806. The molecule has 0 spiro atoms. The molecule has 1 amide bonds. The van der Waals surface area contributed by atoms with Gasteiger partial charge in [0.2, 0.25) is 0 Å². The predicted octanol–water partition coefficient (Wildman–Crippen LogP) is 2.82. The summed E-state index contributed by atoms with van der Waals surface area (Å²) < 4.78 is 0. The van der Waals surface area contributed by atoms with Crippen LogP contribution in [0.1, 0.15) is 41.0 Å². The molecule has 2 aromatic rings. The van der Waals surface area contributed by atoms with Crippen LogP contribution in [0.15, 0.2) is 18.5 Å². The number of hydrogen-bond acceptors (Lipinski definition) is 6. The van der Waals surface area contributed by atoms with Crippen molar-refractivity contribution in [2.75, 3.05) is 6.54 Å². The van der Waals surface area contributed by atoms with E-state index in [1.54, 1.807) is 23.4 Å². The lowest BCUT2D eigenvalue weighted by Crippen LogP contribution is -2.39. The van der Waals surface area contributed by atoms with Crippen molar-refractivity contribution in [2.45, 2.75) is 38.6 Å². The standard InChI is InChI=1S/C16H17N5OS/c1-11-13(23-15(20-11)14-18-8-4-9-19-14)16(22)21(10-7-17)12-5-2-3-6-12/h4,8-9,12H,2-3,5-6,10H2,1H3. The molecule has 0 atom stereocenters. The molecule has 1 saturated carbocycles. The van der Waals surface area contributed by atoms with E-state index in [0.29, 0.717) is 21.4 Å². The van der Waals surface area contributed by atoms with Gasteiger partial charge >= 0.3 is 0 Å². The molecule has 6 nitrogen and oxygen atoms in total. The molecule has 118 valence electrons. The number of carbonyl (C=O) groups is 1. The maximum absolute atomic E-state index is 12.9. The van der Waals surface area contributed by atoms with E-state index in [2.05, 4.69) is 21.0 Å². The van der Waals surface area contributed by atoms with Crippen molar-refractivity contribution in [3.63, 3.8) is 0 Å². The first-order chi connectivity index (χ1) is 11.2. The van der Waals surface area contributed by atoms with Gasteiger partial charge in [0.05, 0.1) is 11.8 Å². The fourth-order valence-corrected chi connectivity index (χ4v) is 3.86. The Morgan fingerprint density at radius 3 is 2.74 bits per heavy atom. The summed E-state index contributed by atoms with van der Waals surface area (Å²) in [6.45, 7) is 1.94. The maximum Gasteiger partial charge on any atom is 0.266 e. The van der Waals surface area contributed by atoms with Crippen LogP contribution in [0, 0.1) is 18.3 Å². The van der Waals surface area contributed by atoms with Gasteiger partial charge < -0.3 is 4.90 Å². The van der Waals surface area contributed by atoms with Gasteiger partial charge in [-0.1, -0.05) is 12.8 Å². The molecule has 0 radical (unpaired) electrons. The minimum atomic E-state index is -0.101. The highest BCUT2D eigenvalue weighted by atomic mass is 32.1. The Kier molecular flexibility index (Phi) is 4.63. The van der Waals surface area contributed by atoms with Gasteiger partial charge in [0, 0.05) is 18.4 Å². The Balaban J connectivity index is 1.89. The van der Waals surface area contributed by atoms with E-state index in [9.17, 15) is 4.79 Å². The summed E-state index contributed by atoms with van der Waals surface area (Å²) in [6, 6.07) is 4.03. The van der Waals surface area contributed by atoms with E-state index < -0.39 is 0 Å². The molecule has 0 bridgehead atoms. The van der Waals surface area contributed by atoms with Crippen LogP contribution in [-0.2, 0) is 0 Å². The molecule has 0 saturated heterocycles. The fraction of sp³-hybridized carbons (Fsp3) is 0.438. The van der Waals surface area contributed by atoms with Crippen molar-refractivity contribution >= 4 is 17.2 Å². The van der Waals surface area contributed by atoms with Crippen LogP contribution in [0.4, 0.5) is 0 Å². The SMILES string of the molecule is Cc1nc(-c2ncccn2)sc1C(=O)N(CC#N)C1CCCC1. The molecule has 0 aliphatic heterocycles.